The molecule has 3 nitrogen and oxygen atoms in total. The summed E-state index contributed by atoms with van der Waals surface area (Å²) < 4.78 is 5.32. The third kappa shape index (κ3) is 1.87. The summed E-state index contributed by atoms with van der Waals surface area (Å²) in [4.78, 5) is 0. The molecule has 12 heavy (non-hydrogen) atoms. The Labute approximate surface area is 72.2 Å². The van der Waals surface area contributed by atoms with E-state index in [0.717, 1.165) is 17.1 Å². The smallest absolute Gasteiger partial charge is 0.105 e. The minimum Gasteiger partial charge on any atom is -0.466 e. The maximum absolute atomic E-state index is 8.69. The fraction of sp³-hybridized carbons (Fsp3) is 0.556. The van der Waals surface area contributed by atoms with E-state index >= 15 is 0 Å². The van der Waals surface area contributed by atoms with Crippen LogP contribution in [0.5, 0.6) is 0 Å². The van der Waals surface area contributed by atoms with Crippen LogP contribution < -0.4 is 5.73 Å². The fourth-order valence-corrected chi connectivity index (χ4v) is 1.31. The van der Waals surface area contributed by atoms with Crippen LogP contribution in [0.3, 0.4) is 0 Å². The fourth-order valence-electron chi connectivity index (χ4n) is 1.31. The van der Waals surface area contributed by atoms with E-state index in [2.05, 4.69) is 0 Å². The molecule has 0 saturated heterocycles. The summed E-state index contributed by atoms with van der Waals surface area (Å²) in [6.07, 6.45) is 0.583. The van der Waals surface area contributed by atoms with Crippen molar-refractivity contribution in [2.24, 2.45) is 5.73 Å². The normalized spacial score (nSPS) is 13.3. The number of furan rings is 1. The largest absolute Gasteiger partial charge is 0.466 e. The number of hydrogen-bond donors (Lipinski definition) is 2. The lowest BCUT2D eigenvalue weighted by atomic mass is 10.1. The molecule has 1 aromatic rings. The predicted octanol–water partition coefficient (Wildman–Crippen LogP) is 1.28. The Morgan fingerprint density at radius 2 is 2.25 bits per heavy atom. The molecular weight excluding hydrogens is 154 g/mol. The number of nitrogens with two attached hydrogens (primary N) is 1. The van der Waals surface area contributed by atoms with Gasteiger partial charge in [-0.3, -0.25) is 0 Å². The Balaban J connectivity index is 2.79. The topological polar surface area (TPSA) is 59.4 Å². The van der Waals surface area contributed by atoms with Gasteiger partial charge in [0.1, 0.15) is 11.5 Å². The van der Waals surface area contributed by atoms with Crippen LogP contribution in [0.25, 0.3) is 0 Å². The van der Waals surface area contributed by atoms with Crippen molar-refractivity contribution in [3.63, 3.8) is 0 Å². The Morgan fingerprint density at radius 3 is 2.67 bits per heavy atom. The second-order valence-corrected chi connectivity index (χ2v) is 2.99. The third-order valence-corrected chi connectivity index (χ3v) is 1.92. The molecule has 0 aliphatic heterocycles. The highest BCUT2D eigenvalue weighted by molar-refractivity contribution is 5.23. The first-order valence-electron chi connectivity index (χ1n) is 4.08. The Hall–Kier alpha value is -0.800. The molecule has 1 heterocycles. The number of aliphatic hydroxyl groups excluding tert-OH is 1. The van der Waals surface area contributed by atoms with E-state index in [-0.39, 0.29) is 12.6 Å². The highest BCUT2D eigenvalue weighted by Gasteiger charge is 2.11. The van der Waals surface area contributed by atoms with Crippen LogP contribution in [0, 0.1) is 13.8 Å². The molecule has 1 aromatic heterocycles. The summed E-state index contributed by atoms with van der Waals surface area (Å²) in [5.74, 6) is 1.73. The number of hydrogen-bond acceptors (Lipinski definition) is 3. The highest BCUT2D eigenvalue weighted by Crippen LogP contribution is 2.21. The van der Waals surface area contributed by atoms with Crippen molar-refractivity contribution in [1.82, 2.24) is 0 Å². The van der Waals surface area contributed by atoms with E-state index in [9.17, 15) is 0 Å². The molecule has 0 amide bonds. The molecular formula is C9H15NO2. The van der Waals surface area contributed by atoms with E-state index in [4.69, 9.17) is 15.3 Å². The third-order valence-electron chi connectivity index (χ3n) is 1.92. The van der Waals surface area contributed by atoms with Crippen LogP contribution in [-0.2, 0) is 0 Å². The van der Waals surface area contributed by atoms with Crippen molar-refractivity contribution in [3.8, 4) is 0 Å². The molecule has 0 bridgehead atoms. The first-order chi connectivity index (χ1) is 5.65. The molecule has 0 spiro atoms. The van der Waals surface area contributed by atoms with Gasteiger partial charge in [-0.15, -0.1) is 0 Å². The zero-order valence-electron chi connectivity index (χ0n) is 7.50. The average Bonchev–Trinajstić information content (AvgIpc) is 2.30. The molecule has 0 aromatic carbocycles. The van der Waals surface area contributed by atoms with Gasteiger partial charge in [-0.05, 0) is 26.3 Å². The Morgan fingerprint density at radius 1 is 1.58 bits per heavy atom. The SMILES string of the molecule is Cc1cc([C@H](N)CCO)c(C)o1. The van der Waals surface area contributed by atoms with E-state index in [1.807, 2.05) is 19.9 Å². The van der Waals surface area contributed by atoms with Gasteiger partial charge in [-0.1, -0.05) is 0 Å². The maximum Gasteiger partial charge on any atom is 0.105 e. The van der Waals surface area contributed by atoms with Crippen molar-refractivity contribution in [1.29, 1.82) is 0 Å². The summed E-state index contributed by atoms with van der Waals surface area (Å²) in [7, 11) is 0. The highest BCUT2D eigenvalue weighted by atomic mass is 16.3. The molecule has 1 atom stereocenters. The lowest BCUT2D eigenvalue weighted by molar-refractivity contribution is 0.276. The zero-order valence-corrected chi connectivity index (χ0v) is 7.50. The minimum absolute atomic E-state index is 0.104. The van der Waals surface area contributed by atoms with Crippen molar-refractivity contribution < 1.29 is 9.52 Å². The van der Waals surface area contributed by atoms with Crippen molar-refractivity contribution in [2.75, 3.05) is 6.61 Å². The first kappa shape index (κ1) is 9.29. The zero-order chi connectivity index (χ0) is 9.14. The maximum atomic E-state index is 8.69. The molecule has 0 fully saturated rings. The monoisotopic (exact) mass is 169 g/mol. The van der Waals surface area contributed by atoms with Crippen LogP contribution in [0.4, 0.5) is 0 Å². The van der Waals surface area contributed by atoms with Gasteiger partial charge in [0, 0.05) is 18.2 Å². The molecule has 0 saturated carbocycles. The van der Waals surface area contributed by atoms with Crippen molar-refractivity contribution >= 4 is 0 Å². The van der Waals surface area contributed by atoms with Gasteiger partial charge in [0.2, 0.25) is 0 Å². The Kier molecular flexibility index (Phi) is 2.89. The van der Waals surface area contributed by atoms with Crippen molar-refractivity contribution in [3.05, 3.63) is 23.2 Å². The van der Waals surface area contributed by atoms with Crippen LogP contribution in [0.1, 0.15) is 29.5 Å². The van der Waals surface area contributed by atoms with Crippen LogP contribution in [0.15, 0.2) is 10.5 Å². The molecule has 3 heteroatoms. The molecule has 0 aliphatic rings. The van der Waals surface area contributed by atoms with Gasteiger partial charge in [-0.25, -0.2) is 0 Å². The van der Waals surface area contributed by atoms with Gasteiger partial charge in [0.25, 0.3) is 0 Å². The van der Waals surface area contributed by atoms with Gasteiger partial charge < -0.3 is 15.3 Å². The summed E-state index contributed by atoms with van der Waals surface area (Å²) in [6.45, 7) is 3.90. The van der Waals surface area contributed by atoms with Crippen molar-refractivity contribution in [2.45, 2.75) is 26.3 Å². The van der Waals surface area contributed by atoms with Crippen LogP contribution in [-0.4, -0.2) is 11.7 Å². The second kappa shape index (κ2) is 3.74. The number of rotatable bonds is 3. The van der Waals surface area contributed by atoms with Crippen LogP contribution >= 0.6 is 0 Å². The minimum atomic E-state index is -0.104. The van der Waals surface area contributed by atoms with Gasteiger partial charge >= 0.3 is 0 Å². The van der Waals surface area contributed by atoms with E-state index < -0.39 is 0 Å². The molecule has 68 valence electrons. The predicted molar refractivity (Wildman–Crippen MR) is 46.8 cm³/mol. The van der Waals surface area contributed by atoms with Gasteiger partial charge in [0.15, 0.2) is 0 Å². The molecule has 0 aliphatic carbocycles. The van der Waals surface area contributed by atoms with E-state index in [1.54, 1.807) is 0 Å². The summed E-state index contributed by atoms with van der Waals surface area (Å²) >= 11 is 0. The van der Waals surface area contributed by atoms with Crippen LogP contribution in [0.2, 0.25) is 0 Å². The van der Waals surface area contributed by atoms with Gasteiger partial charge in [-0.2, -0.15) is 0 Å². The number of aryl methyl sites for hydroxylation is 2. The lowest BCUT2D eigenvalue weighted by Crippen LogP contribution is -2.11. The molecule has 1 rings (SSSR count). The Bertz CT molecular complexity index is 255. The summed E-state index contributed by atoms with van der Waals surface area (Å²) in [5, 5.41) is 8.69. The molecule has 3 N–H and O–H groups in total. The van der Waals surface area contributed by atoms with E-state index in [1.165, 1.54) is 0 Å². The quantitative estimate of drug-likeness (QED) is 0.716. The second-order valence-electron chi connectivity index (χ2n) is 2.99. The lowest BCUT2D eigenvalue weighted by Gasteiger charge is -2.07. The van der Waals surface area contributed by atoms with Gasteiger partial charge in [0.05, 0.1) is 0 Å². The summed E-state index contributed by atoms with van der Waals surface area (Å²) in [6, 6.07) is 1.82. The molecule has 0 unspecified atom stereocenters. The average molecular weight is 169 g/mol. The molecule has 0 radical (unpaired) electrons. The first-order valence-corrected chi connectivity index (χ1v) is 4.08. The number of aliphatic hydroxyl groups is 1. The van der Waals surface area contributed by atoms with E-state index in [0.29, 0.717) is 6.42 Å². The standard InChI is InChI=1S/C9H15NO2/c1-6-5-8(7(2)12-6)9(10)3-4-11/h5,9,11H,3-4,10H2,1-2H3/t9-/m1/s1. The summed E-state index contributed by atoms with van der Waals surface area (Å²) in [5.41, 5.74) is 6.80.